The summed E-state index contributed by atoms with van der Waals surface area (Å²) in [7, 11) is 0. The van der Waals surface area contributed by atoms with Crippen LogP contribution in [-0.2, 0) is 4.79 Å². The smallest absolute Gasteiger partial charge is 0.321 e. The van der Waals surface area contributed by atoms with Gasteiger partial charge in [-0.2, -0.15) is 0 Å². The lowest BCUT2D eigenvalue weighted by Gasteiger charge is -2.31. The number of hydrogen-bond acceptors (Lipinski definition) is 4. The van der Waals surface area contributed by atoms with Crippen LogP contribution in [0, 0.1) is 5.92 Å². The number of piperidine rings is 1. The Balaban J connectivity index is 1.68. The Morgan fingerprint density at radius 2 is 1.96 bits per heavy atom. The maximum absolute atomic E-state index is 12.1. The van der Waals surface area contributed by atoms with Crippen molar-refractivity contribution < 1.29 is 14.3 Å². The summed E-state index contributed by atoms with van der Waals surface area (Å²) in [5.41, 5.74) is 0. The van der Waals surface area contributed by atoms with E-state index in [1.807, 2.05) is 13.8 Å². The molecule has 1 fully saturated rings. The van der Waals surface area contributed by atoms with Crippen LogP contribution in [-0.4, -0.2) is 49.1 Å². The van der Waals surface area contributed by atoms with Crippen LogP contribution >= 0.6 is 23.2 Å². The first-order valence-electron chi connectivity index (χ1n) is 8.76. The highest BCUT2D eigenvalue weighted by atomic mass is 35.5. The van der Waals surface area contributed by atoms with Gasteiger partial charge in [-0.3, -0.25) is 15.0 Å². The number of likely N-dealkylation sites (tertiary alicyclic amines) is 1. The summed E-state index contributed by atoms with van der Waals surface area (Å²) in [5.74, 6) is 0.282. The molecule has 6 nitrogen and oxygen atoms in total. The lowest BCUT2D eigenvalue weighted by molar-refractivity contribution is -0.125. The molecule has 0 unspecified atom stereocenters. The molecule has 8 heteroatoms. The van der Waals surface area contributed by atoms with Gasteiger partial charge in [-0.05, 0) is 58.0 Å². The Labute approximate surface area is 164 Å². The van der Waals surface area contributed by atoms with Gasteiger partial charge in [-0.25, -0.2) is 4.79 Å². The summed E-state index contributed by atoms with van der Waals surface area (Å²) in [6.07, 6.45) is 1.45. The van der Waals surface area contributed by atoms with Crippen LogP contribution in [0.3, 0.4) is 0 Å². The average molecular weight is 402 g/mol. The van der Waals surface area contributed by atoms with Crippen LogP contribution in [0.25, 0.3) is 0 Å². The van der Waals surface area contributed by atoms with Crippen LogP contribution in [0.2, 0.25) is 10.0 Å². The molecule has 0 aliphatic carbocycles. The molecule has 1 aromatic rings. The summed E-state index contributed by atoms with van der Waals surface area (Å²) in [5, 5.41) is 6.14. The number of nitrogens with zero attached hydrogens (tertiary/aromatic N) is 1. The zero-order valence-electron chi connectivity index (χ0n) is 15.1. The first-order chi connectivity index (χ1) is 12.3. The van der Waals surface area contributed by atoms with Crippen LogP contribution in [0.1, 0.15) is 26.7 Å². The summed E-state index contributed by atoms with van der Waals surface area (Å²) in [4.78, 5) is 26.0. The molecule has 144 valence electrons. The molecule has 0 spiro atoms. The van der Waals surface area contributed by atoms with Crippen molar-refractivity contribution in [3.63, 3.8) is 0 Å². The van der Waals surface area contributed by atoms with Crippen molar-refractivity contribution in [2.24, 2.45) is 5.92 Å². The van der Waals surface area contributed by atoms with Gasteiger partial charge in [0.2, 0.25) is 5.91 Å². The number of urea groups is 1. The van der Waals surface area contributed by atoms with E-state index in [9.17, 15) is 9.59 Å². The predicted octanol–water partition coefficient (Wildman–Crippen LogP) is 3.32. The van der Waals surface area contributed by atoms with Gasteiger partial charge in [0.25, 0.3) is 0 Å². The molecule has 0 radical (unpaired) electrons. The first kappa shape index (κ1) is 20.8. The topological polar surface area (TPSA) is 70.7 Å². The Bertz CT molecular complexity index is 632. The molecule has 0 bridgehead atoms. The number of amides is 3. The van der Waals surface area contributed by atoms with Crippen molar-refractivity contribution in [1.29, 1.82) is 0 Å². The van der Waals surface area contributed by atoms with Gasteiger partial charge < -0.3 is 10.1 Å². The van der Waals surface area contributed by atoms with Crippen LogP contribution in [0.15, 0.2) is 18.2 Å². The third-order valence-corrected chi connectivity index (χ3v) is 4.70. The van der Waals surface area contributed by atoms with Gasteiger partial charge in [-0.1, -0.05) is 23.2 Å². The minimum Gasteiger partial charge on any atom is -0.491 e. The van der Waals surface area contributed by atoms with Crippen LogP contribution in [0.5, 0.6) is 5.75 Å². The van der Waals surface area contributed by atoms with Gasteiger partial charge in [0.05, 0.1) is 5.02 Å². The zero-order valence-corrected chi connectivity index (χ0v) is 16.6. The van der Waals surface area contributed by atoms with E-state index in [1.165, 1.54) is 0 Å². The summed E-state index contributed by atoms with van der Waals surface area (Å²) in [6, 6.07) is 4.71. The highest BCUT2D eigenvalue weighted by Crippen LogP contribution is 2.27. The minimum absolute atomic E-state index is 0.00112. The number of imide groups is 1. The highest BCUT2D eigenvalue weighted by molar-refractivity contribution is 6.35. The second-order valence-corrected chi connectivity index (χ2v) is 7.50. The van der Waals surface area contributed by atoms with Crippen molar-refractivity contribution in [1.82, 2.24) is 15.5 Å². The number of ether oxygens (including phenoxy) is 1. The Morgan fingerprint density at radius 3 is 2.58 bits per heavy atom. The van der Waals surface area contributed by atoms with Gasteiger partial charge in [0.15, 0.2) is 0 Å². The van der Waals surface area contributed by atoms with E-state index in [2.05, 4.69) is 15.5 Å². The third-order valence-electron chi connectivity index (χ3n) is 4.17. The second-order valence-electron chi connectivity index (χ2n) is 6.66. The SMILES string of the molecule is CC(C)NC(=O)NC(=O)C1CCN(CCOc2ccc(Cl)cc2Cl)CC1. The molecule has 1 saturated heterocycles. The fourth-order valence-electron chi connectivity index (χ4n) is 2.81. The zero-order chi connectivity index (χ0) is 19.1. The lowest BCUT2D eigenvalue weighted by atomic mass is 9.96. The normalized spacial score (nSPS) is 15.7. The number of nitrogens with one attached hydrogen (secondary N) is 2. The van der Waals surface area contributed by atoms with E-state index < -0.39 is 6.03 Å². The number of carbonyl (C=O) groups excluding carboxylic acids is 2. The highest BCUT2D eigenvalue weighted by Gasteiger charge is 2.26. The van der Waals surface area contributed by atoms with E-state index in [4.69, 9.17) is 27.9 Å². The number of rotatable bonds is 6. The summed E-state index contributed by atoms with van der Waals surface area (Å²) >= 11 is 11.9. The summed E-state index contributed by atoms with van der Waals surface area (Å²) in [6.45, 7) is 6.54. The van der Waals surface area contributed by atoms with Gasteiger partial charge >= 0.3 is 6.03 Å². The molecule has 2 rings (SSSR count). The molecule has 1 aliphatic heterocycles. The third kappa shape index (κ3) is 6.67. The molecule has 1 heterocycles. The largest absolute Gasteiger partial charge is 0.491 e. The van der Waals surface area contributed by atoms with E-state index in [0.29, 0.717) is 22.4 Å². The second kappa shape index (κ2) is 10.00. The van der Waals surface area contributed by atoms with Crippen molar-refractivity contribution >= 4 is 35.1 Å². The maximum Gasteiger partial charge on any atom is 0.321 e. The van der Waals surface area contributed by atoms with Crippen molar-refractivity contribution in [2.45, 2.75) is 32.7 Å². The Kier molecular flexibility index (Phi) is 8.00. The van der Waals surface area contributed by atoms with E-state index in [1.54, 1.807) is 18.2 Å². The molecule has 1 aromatic carbocycles. The number of benzene rings is 1. The number of carbonyl (C=O) groups is 2. The molecular weight excluding hydrogens is 377 g/mol. The van der Waals surface area contributed by atoms with E-state index in [0.717, 1.165) is 32.5 Å². The number of halogens is 2. The van der Waals surface area contributed by atoms with E-state index >= 15 is 0 Å². The lowest BCUT2D eigenvalue weighted by Crippen LogP contribution is -2.47. The Morgan fingerprint density at radius 1 is 1.27 bits per heavy atom. The van der Waals surface area contributed by atoms with Gasteiger partial charge in [-0.15, -0.1) is 0 Å². The Hall–Kier alpha value is -1.50. The molecule has 0 saturated carbocycles. The molecule has 0 aromatic heterocycles. The van der Waals surface area contributed by atoms with Gasteiger partial charge in [0.1, 0.15) is 12.4 Å². The molecule has 1 aliphatic rings. The fraction of sp³-hybridized carbons (Fsp3) is 0.556. The molecule has 26 heavy (non-hydrogen) atoms. The number of hydrogen-bond donors (Lipinski definition) is 2. The van der Waals surface area contributed by atoms with Crippen molar-refractivity contribution in [2.75, 3.05) is 26.2 Å². The average Bonchev–Trinajstić information content (AvgIpc) is 2.56. The summed E-state index contributed by atoms with van der Waals surface area (Å²) < 4.78 is 5.69. The maximum atomic E-state index is 12.1. The molecule has 2 N–H and O–H groups in total. The molecule has 0 atom stereocenters. The first-order valence-corrected chi connectivity index (χ1v) is 9.52. The van der Waals surface area contributed by atoms with E-state index in [-0.39, 0.29) is 17.9 Å². The molecule has 3 amide bonds. The fourth-order valence-corrected chi connectivity index (χ4v) is 3.27. The monoisotopic (exact) mass is 401 g/mol. The van der Waals surface area contributed by atoms with Crippen LogP contribution < -0.4 is 15.4 Å². The van der Waals surface area contributed by atoms with Crippen molar-refractivity contribution in [3.05, 3.63) is 28.2 Å². The molecular formula is C18H25Cl2N3O3. The van der Waals surface area contributed by atoms with Crippen molar-refractivity contribution in [3.8, 4) is 5.75 Å². The predicted molar refractivity (Wildman–Crippen MR) is 103 cm³/mol. The standard InChI is InChI=1S/C18H25Cl2N3O3/c1-12(2)21-18(25)22-17(24)13-5-7-23(8-6-13)9-10-26-16-4-3-14(19)11-15(16)20/h3-4,11-13H,5-10H2,1-2H3,(H2,21,22,24,25). The quantitative estimate of drug-likeness (QED) is 0.766. The van der Waals surface area contributed by atoms with Gasteiger partial charge in [0, 0.05) is 23.5 Å². The minimum atomic E-state index is -0.430. The van der Waals surface area contributed by atoms with Crippen LogP contribution in [0.4, 0.5) is 4.79 Å².